The second-order valence-corrected chi connectivity index (χ2v) is 4.44. The maximum Gasteiger partial charge on any atom is 0.134 e. The Labute approximate surface area is 80.4 Å². The number of ether oxygens (including phenoxy) is 1. The van der Waals surface area contributed by atoms with Crippen LogP contribution in [-0.4, -0.2) is 11.7 Å². The fourth-order valence-electron chi connectivity index (χ4n) is 1.94. The second-order valence-electron chi connectivity index (χ2n) is 4.01. The molecule has 2 unspecified atom stereocenters. The second kappa shape index (κ2) is 3.97. The first-order chi connectivity index (χ1) is 5.57. The predicted octanol–water partition coefficient (Wildman–Crippen LogP) is 3.27. The van der Waals surface area contributed by atoms with E-state index in [-0.39, 0.29) is 5.56 Å². The third kappa shape index (κ3) is 1.77. The van der Waals surface area contributed by atoms with E-state index in [2.05, 4.69) is 27.7 Å². The molecule has 1 aliphatic rings. The molecular formula is C10H19ClO. The van der Waals surface area contributed by atoms with Crippen LogP contribution in [0.1, 0.15) is 34.1 Å². The fraction of sp³-hybridized carbons (Fsp3) is 1.00. The number of halogens is 1. The smallest absolute Gasteiger partial charge is 0.134 e. The average molecular weight is 191 g/mol. The zero-order valence-electron chi connectivity index (χ0n) is 8.38. The van der Waals surface area contributed by atoms with E-state index in [9.17, 15) is 0 Å². The first kappa shape index (κ1) is 10.3. The van der Waals surface area contributed by atoms with Crippen LogP contribution in [-0.2, 0) is 4.74 Å². The maximum atomic E-state index is 6.08. The highest BCUT2D eigenvalue weighted by Gasteiger charge is 2.36. The van der Waals surface area contributed by atoms with E-state index < -0.39 is 0 Å². The SMILES string of the molecule is CCC1O[C@H](Cl)C(C)[C@@H](C)[C@@H]1C. The largest absolute Gasteiger partial charge is 0.359 e. The molecule has 0 aromatic heterocycles. The minimum Gasteiger partial charge on any atom is -0.359 e. The normalized spacial score (nSPS) is 49.2. The van der Waals surface area contributed by atoms with Gasteiger partial charge in [0, 0.05) is 0 Å². The van der Waals surface area contributed by atoms with Crippen LogP contribution in [0.2, 0.25) is 0 Å². The zero-order chi connectivity index (χ0) is 9.30. The third-order valence-electron chi connectivity index (χ3n) is 3.37. The third-order valence-corrected chi connectivity index (χ3v) is 3.87. The Morgan fingerprint density at radius 3 is 2.17 bits per heavy atom. The summed E-state index contributed by atoms with van der Waals surface area (Å²) in [6.07, 6.45) is 1.43. The first-order valence-electron chi connectivity index (χ1n) is 4.87. The van der Waals surface area contributed by atoms with Crippen molar-refractivity contribution in [1.29, 1.82) is 0 Å². The summed E-state index contributed by atoms with van der Waals surface area (Å²) in [5.74, 6) is 1.79. The molecule has 12 heavy (non-hydrogen) atoms. The van der Waals surface area contributed by atoms with Crippen molar-refractivity contribution < 1.29 is 4.74 Å². The summed E-state index contributed by atoms with van der Waals surface area (Å²) in [7, 11) is 0. The molecule has 1 saturated heterocycles. The van der Waals surface area contributed by atoms with E-state index in [1.165, 1.54) is 0 Å². The van der Waals surface area contributed by atoms with Gasteiger partial charge >= 0.3 is 0 Å². The van der Waals surface area contributed by atoms with Gasteiger partial charge in [0.15, 0.2) is 0 Å². The summed E-state index contributed by atoms with van der Waals surface area (Å²) < 4.78 is 5.70. The Hall–Kier alpha value is 0.250. The number of alkyl halides is 1. The lowest BCUT2D eigenvalue weighted by Gasteiger charge is -2.41. The van der Waals surface area contributed by atoms with Gasteiger partial charge in [-0.15, -0.1) is 0 Å². The summed E-state index contributed by atoms with van der Waals surface area (Å²) in [5, 5.41) is 0. The molecule has 0 radical (unpaired) electrons. The van der Waals surface area contributed by atoms with Crippen LogP contribution < -0.4 is 0 Å². The minimum absolute atomic E-state index is 0.0823. The van der Waals surface area contributed by atoms with Gasteiger partial charge < -0.3 is 4.74 Å². The van der Waals surface area contributed by atoms with Crippen molar-refractivity contribution in [3.8, 4) is 0 Å². The van der Waals surface area contributed by atoms with Gasteiger partial charge in [-0.3, -0.25) is 0 Å². The van der Waals surface area contributed by atoms with E-state index >= 15 is 0 Å². The topological polar surface area (TPSA) is 9.23 Å². The minimum atomic E-state index is -0.0823. The fourth-order valence-corrected chi connectivity index (χ4v) is 2.30. The molecule has 1 heterocycles. The van der Waals surface area contributed by atoms with Crippen molar-refractivity contribution in [3.63, 3.8) is 0 Å². The summed E-state index contributed by atoms with van der Waals surface area (Å²) in [6, 6.07) is 0. The molecule has 0 amide bonds. The molecule has 0 saturated carbocycles. The quantitative estimate of drug-likeness (QED) is 0.577. The van der Waals surface area contributed by atoms with Crippen molar-refractivity contribution in [2.75, 3.05) is 0 Å². The van der Waals surface area contributed by atoms with Crippen molar-refractivity contribution in [2.24, 2.45) is 17.8 Å². The molecule has 1 nitrogen and oxygen atoms in total. The van der Waals surface area contributed by atoms with E-state index in [4.69, 9.17) is 16.3 Å². The molecule has 2 heteroatoms. The van der Waals surface area contributed by atoms with E-state index in [0.29, 0.717) is 23.9 Å². The standard InChI is InChI=1S/C10H19ClO/c1-5-9-7(3)6(2)8(4)10(11)12-9/h6-10H,5H2,1-4H3/t6-,7-,8?,9?,10-/m0/s1. The van der Waals surface area contributed by atoms with Crippen LogP contribution in [0, 0.1) is 17.8 Å². The highest BCUT2D eigenvalue weighted by molar-refractivity contribution is 6.19. The molecule has 0 spiro atoms. The van der Waals surface area contributed by atoms with Crippen molar-refractivity contribution in [2.45, 2.75) is 45.8 Å². The predicted molar refractivity (Wildman–Crippen MR) is 52.3 cm³/mol. The van der Waals surface area contributed by atoms with Gasteiger partial charge in [0.2, 0.25) is 0 Å². The van der Waals surface area contributed by atoms with Crippen LogP contribution in [0.3, 0.4) is 0 Å². The van der Waals surface area contributed by atoms with Crippen LogP contribution in [0.15, 0.2) is 0 Å². The number of hydrogen-bond acceptors (Lipinski definition) is 1. The lowest BCUT2D eigenvalue weighted by Crippen LogP contribution is -2.41. The van der Waals surface area contributed by atoms with Gasteiger partial charge in [0.05, 0.1) is 6.10 Å². The molecule has 0 aromatic carbocycles. The summed E-state index contributed by atoms with van der Waals surface area (Å²) in [4.78, 5) is 0. The first-order valence-corrected chi connectivity index (χ1v) is 5.31. The number of rotatable bonds is 1. The summed E-state index contributed by atoms with van der Waals surface area (Å²) in [5.41, 5.74) is -0.0823. The molecule has 1 rings (SSSR count). The molecule has 0 aliphatic carbocycles. The van der Waals surface area contributed by atoms with Crippen LogP contribution in [0.5, 0.6) is 0 Å². The van der Waals surface area contributed by atoms with Gasteiger partial charge in [-0.25, -0.2) is 0 Å². The van der Waals surface area contributed by atoms with E-state index in [1.54, 1.807) is 0 Å². The van der Waals surface area contributed by atoms with Gasteiger partial charge in [0.1, 0.15) is 5.56 Å². The highest BCUT2D eigenvalue weighted by atomic mass is 35.5. The maximum absolute atomic E-state index is 6.08. The van der Waals surface area contributed by atoms with Crippen molar-refractivity contribution >= 4 is 11.6 Å². The molecule has 72 valence electrons. The molecule has 5 atom stereocenters. The average Bonchev–Trinajstić information content (AvgIpc) is 2.08. The van der Waals surface area contributed by atoms with Gasteiger partial charge in [0.25, 0.3) is 0 Å². The summed E-state index contributed by atoms with van der Waals surface area (Å²) in [6.45, 7) is 8.87. The van der Waals surface area contributed by atoms with E-state index in [0.717, 1.165) is 6.42 Å². The van der Waals surface area contributed by atoms with Crippen LogP contribution >= 0.6 is 11.6 Å². The van der Waals surface area contributed by atoms with Crippen LogP contribution in [0.25, 0.3) is 0 Å². The molecule has 0 N–H and O–H groups in total. The summed E-state index contributed by atoms with van der Waals surface area (Å²) >= 11 is 6.08. The lowest BCUT2D eigenvalue weighted by atomic mass is 9.79. The van der Waals surface area contributed by atoms with Crippen LogP contribution in [0.4, 0.5) is 0 Å². The Kier molecular flexibility index (Phi) is 3.42. The van der Waals surface area contributed by atoms with Crippen molar-refractivity contribution in [3.05, 3.63) is 0 Å². The molecule has 0 aromatic rings. The van der Waals surface area contributed by atoms with E-state index in [1.807, 2.05) is 0 Å². The Balaban J connectivity index is 2.63. The lowest BCUT2D eigenvalue weighted by molar-refractivity contribution is -0.0980. The van der Waals surface area contributed by atoms with Gasteiger partial charge in [-0.1, -0.05) is 39.3 Å². The highest BCUT2D eigenvalue weighted by Crippen LogP contribution is 2.37. The molecule has 1 aliphatic heterocycles. The Morgan fingerprint density at radius 2 is 1.67 bits per heavy atom. The number of hydrogen-bond donors (Lipinski definition) is 0. The van der Waals surface area contributed by atoms with Gasteiger partial charge in [-0.05, 0) is 24.2 Å². The van der Waals surface area contributed by atoms with Crippen molar-refractivity contribution in [1.82, 2.24) is 0 Å². The molecule has 0 bridgehead atoms. The molecule has 1 fully saturated rings. The Morgan fingerprint density at radius 1 is 1.08 bits per heavy atom. The monoisotopic (exact) mass is 190 g/mol. The zero-order valence-corrected chi connectivity index (χ0v) is 9.14. The van der Waals surface area contributed by atoms with Gasteiger partial charge in [-0.2, -0.15) is 0 Å². The Bertz CT molecular complexity index is 144. The molecular weight excluding hydrogens is 172 g/mol.